The van der Waals surface area contributed by atoms with E-state index in [2.05, 4.69) is 41.4 Å². The third-order valence-electron chi connectivity index (χ3n) is 5.99. The Hall–Kier alpha value is -0.980. The number of nitrogens with one attached hydrogen (secondary N) is 1. The molecule has 0 aromatic carbocycles. The lowest BCUT2D eigenvalue weighted by atomic mass is 9.72. The van der Waals surface area contributed by atoms with Crippen molar-refractivity contribution >= 4 is 0 Å². The molecule has 0 amide bonds. The van der Waals surface area contributed by atoms with Crippen LogP contribution in [0.15, 0.2) is 0 Å². The van der Waals surface area contributed by atoms with Crippen LogP contribution in [0.4, 0.5) is 0 Å². The number of nitrogens with zero attached hydrogens (tertiary/aromatic N) is 4. The molecule has 3 rings (SSSR count). The van der Waals surface area contributed by atoms with E-state index in [-0.39, 0.29) is 5.60 Å². The van der Waals surface area contributed by atoms with Gasteiger partial charge in [-0.05, 0) is 51.6 Å². The third-order valence-corrected chi connectivity index (χ3v) is 5.99. The molecule has 6 nitrogen and oxygen atoms in total. The van der Waals surface area contributed by atoms with Crippen molar-refractivity contribution in [1.82, 2.24) is 25.2 Å². The number of aromatic nitrogens is 3. The topological polar surface area (TPSA) is 55.2 Å². The lowest BCUT2D eigenvalue weighted by Crippen LogP contribution is -2.34. The van der Waals surface area contributed by atoms with Crippen molar-refractivity contribution in [3.05, 3.63) is 11.4 Å². The molecule has 1 N–H and O–H groups in total. The van der Waals surface area contributed by atoms with Crippen molar-refractivity contribution in [1.29, 1.82) is 0 Å². The van der Waals surface area contributed by atoms with E-state index in [4.69, 9.17) is 4.74 Å². The highest BCUT2D eigenvalue weighted by Gasteiger charge is 2.46. The van der Waals surface area contributed by atoms with Gasteiger partial charge in [-0.25, -0.2) is 0 Å². The summed E-state index contributed by atoms with van der Waals surface area (Å²) in [6.07, 6.45) is 5.86. The highest BCUT2D eigenvalue weighted by atomic mass is 16.5. The van der Waals surface area contributed by atoms with Crippen LogP contribution in [0.2, 0.25) is 0 Å². The van der Waals surface area contributed by atoms with Crippen molar-refractivity contribution in [2.45, 2.75) is 64.0 Å². The molecule has 1 spiro atoms. The van der Waals surface area contributed by atoms with Gasteiger partial charge in [0, 0.05) is 32.6 Å². The average molecular weight is 350 g/mol. The van der Waals surface area contributed by atoms with Crippen molar-refractivity contribution in [2.75, 3.05) is 33.8 Å². The summed E-state index contributed by atoms with van der Waals surface area (Å²) in [7, 11) is 6.18. The van der Waals surface area contributed by atoms with Crippen LogP contribution in [0.3, 0.4) is 0 Å². The summed E-state index contributed by atoms with van der Waals surface area (Å²) >= 11 is 0. The molecule has 1 aliphatic heterocycles. The molecule has 1 aromatic heterocycles. The standard InChI is InChI=1S/C19H35N5O/c1-18(2)13-19(25-14-18)8-6-15(7-9-19)17-16(24(5)22-21-17)12-23(4)11-10-20-3/h15,20H,6-14H2,1-5H3/t15-,19-. The van der Waals surface area contributed by atoms with Crippen LogP contribution in [0.25, 0.3) is 0 Å². The van der Waals surface area contributed by atoms with Gasteiger partial charge < -0.3 is 10.1 Å². The van der Waals surface area contributed by atoms with Crippen LogP contribution >= 0.6 is 0 Å². The highest BCUT2D eigenvalue weighted by molar-refractivity contribution is 5.17. The van der Waals surface area contributed by atoms with Gasteiger partial charge in [-0.1, -0.05) is 19.1 Å². The molecule has 2 heterocycles. The Bertz CT molecular complexity index is 574. The second-order valence-corrected chi connectivity index (χ2v) is 8.97. The van der Waals surface area contributed by atoms with Gasteiger partial charge in [-0.2, -0.15) is 0 Å². The maximum absolute atomic E-state index is 6.27. The number of hydrogen-bond acceptors (Lipinski definition) is 5. The molecule has 0 atom stereocenters. The molecule has 0 bridgehead atoms. The zero-order valence-electron chi connectivity index (χ0n) is 16.6. The lowest BCUT2D eigenvalue weighted by Gasteiger charge is -2.36. The maximum Gasteiger partial charge on any atom is 0.0903 e. The summed E-state index contributed by atoms with van der Waals surface area (Å²) in [6, 6.07) is 0. The van der Waals surface area contributed by atoms with E-state index < -0.39 is 0 Å². The predicted molar refractivity (Wildman–Crippen MR) is 99.6 cm³/mol. The van der Waals surface area contributed by atoms with Gasteiger partial charge in [0.1, 0.15) is 0 Å². The molecule has 0 radical (unpaired) electrons. The number of hydrogen-bond donors (Lipinski definition) is 1. The van der Waals surface area contributed by atoms with Gasteiger partial charge in [0.05, 0.1) is 23.6 Å². The summed E-state index contributed by atoms with van der Waals surface area (Å²) in [5.41, 5.74) is 2.95. The van der Waals surface area contributed by atoms with E-state index in [0.717, 1.165) is 39.1 Å². The molecular formula is C19H35N5O. The first-order valence-electron chi connectivity index (χ1n) is 9.70. The third kappa shape index (κ3) is 4.23. The summed E-state index contributed by atoms with van der Waals surface area (Å²) in [4.78, 5) is 2.34. The van der Waals surface area contributed by atoms with Crippen molar-refractivity contribution in [3.8, 4) is 0 Å². The van der Waals surface area contributed by atoms with Gasteiger partial charge in [0.25, 0.3) is 0 Å². The Morgan fingerprint density at radius 1 is 1.32 bits per heavy atom. The van der Waals surface area contributed by atoms with Crippen molar-refractivity contribution in [2.24, 2.45) is 12.5 Å². The first-order chi connectivity index (χ1) is 11.8. The highest BCUT2D eigenvalue weighted by Crippen LogP contribution is 2.49. The Kier molecular flexibility index (Phi) is 5.51. The summed E-state index contributed by atoms with van der Waals surface area (Å²) < 4.78 is 8.23. The normalized spacial score (nSPS) is 29.0. The lowest BCUT2D eigenvalue weighted by molar-refractivity contribution is -0.0296. The van der Waals surface area contributed by atoms with Gasteiger partial charge in [0.2, 0.25) is 0 Å². The largest absolute Gasteiger partial charge is 0.374 e. The minimum Gasteiger partial charge on any atom is -0.374 e. The fourth-order valence-electron chi connectivity index (χ4n) is 4.59. The second-order valence-electron chi connectivity index (χ2n) is 8.97. The fraction of sp³-hybridized carbons (Fsp3) is 0.895. The maximum atomic E-state index is 6.27. The fourth-order valence-corrected chi connectivity index (χ4v) is 4.59. The minimum absolute atomic E-state index is 0.131. The molecule has 6 heteroatoms. The number of aryl methyl sites for hydroxylation is 1. The number of ether oxygens (including phenoxy) is 1. The van der Waals surface area contributed by atoms with E-state index in [0.29, 0.717) is 11.3 Å². The zero-order chi connectivity index (χ0) is 18.1. The molecule has 25 heavy (non-hydrogen) atoms. The first kappa shape index (κ1) is 18.8. The summed E-state index contributed by atoms with van der Waals surface area (Å²) in [5.74, 6) is 0.527. The van der Waals surface area contributed by atoms with E-state index in [1.54, 1.807) is 0 Å². The quantitative estimate of drug-likeness (QED) is 0.854. The Balaban J connectivity index is 1.64. The van der Waals surface area contributed by atoms with Crippen LogP contribution in [0.1, 0.15) is 63.3 Å². The van der Waals surface area contributed by atoms with Gasteiger partial charge >= 0.3 is 0 Å². The van der Waals surface area contributed by atoms with E-state index in [1.807, 2.05) is 18.8 Å². The average Bonchev–Trinajstić information content (AvgIpc) is 3.07. The van der Waals surface area contributed by atoms with E-state index in [1.165, 1.54) is 30.7 Å². The Labute approximate surface area is 152 Å². The number of likely N-dealkylation sites (N-methyl/N-ethyl adjacent to an activating group) is 2. The zero-order valence-corrected chi connectivity index (χ0v) is 16.6. The van der Waals surface area contributed by atoms with Crippen LogP contribution in [0, 0.1) is 5.41 Å². The second kappa shape index (κ2) is 7.33. The van der Waals surface area contributed by atoms with Crippen molar-refractivity contribution in [3.63, 3.8) is 0 Å². The van der Waals surface area contributed by atoms with Gasteiger partial charge in [-0.3, -0.25) is 9.58 Å². The molecule has 2 fully saturated rings. The van der Waals surface area contributed by atoms with Crippen LogP contribution in [-0.4, -0.2) is 59.3 Å². The molecule has 1 saturated heterocycles. The molecule has 0 unspecified atom stereocenters. The van der Waals surface area contributed by atoms with Crippen LogP contribution in [0.5, 0.6) is 0 Å². The predicted octanol–water partition coefficient (Wildman–Crippen LogP) is 2.31. The number of rotatable bonds is 6. The molecule has 142 valence electrons. The van der Waals surface area contributed by atoms with Crippen LogP contribution in [-0.2, 0) is 18.3 Å². The monoisotopic (exact) mass is 349 g/mol. The Morgan fingerprint density at radius 2 is 2.04 bits per heavy atom. The van der Waals surface area contributed by atoms with Crippen LogP contribution < -0.4 is 5.32 Å². The summed E-state index contributed by atoms with van der Waals surface area (Å²) in [6.45, 7) is 8.50. The molecule has 1 saturated carbocycles. The van der Waals surface area contributed by atoms with Gasteiger partial charge in [0.15, 0.2) is 0 Å². The van der Waals surface area contributed by atoms with Crippen molar-refractivity contribution < 1.29 is 4.74 Å². The van der Waals surface area contributed by atoms with Gasteiger partial charge in [-0.15, -0.1) is 5.10 Å². The summed E-state index contributed by atoms with van der Waals surface area (Å²) in [5, 5.41) is 12.1. The van der Waals surface area contributed by atoms with E-state index in [9.17, 15) is 0 Å². The molecule has 1 aliphatic carbocycles. The molecule has 2 aliphatic rings. The minimum atomic E-state index is 0.131. The smallest absolute Gasteiger partial charge is 0.0903 e. The molecular weight excluding hydrogens is 314 g/mol. The van der Waals surface area contributed by atoms with E-state index >= 15 is 0 Å². The Morgan fingerprint density at radius 3 is 2.64 bits per heavy atom. The first-order valence-corrected chi connectivity index (χ1v) is 9.70. The molecule has 1 aromatic rings. The SMILES string of the molecule is CNCCN(C)Cc1c([C@H]2CC[C@]3(CC2)CC(C)(C)CO3)nnn1C.